The van der Waals surface area contributed by atoms with Crippen LogP contribution in [0.4, 0.5) is 0 Å². The third-order valence-corrected chi connectivity index (χ3v) is 5.74. The zero-order valence-corrected chi connectivity index (χ0v) is 17.1. The van der Waals surface area contributed by atoms with Crippen LogP contribution < -0.4 is 0 Å². The lowest BCUT2D eigenvalue weighted by molar-refractivity contribution is -0.114. The van der Waals surface area contributed by atoms with Gasteiger partial charge >= 0.3 is 0 Å². The zero-order chi connectivity index (χ0) is 20.4. The maximum Gasteiger partial charge on any atom is 0.156 e. The van der Waals surface area contributed by atoms with E-state index < -0.39 is 5.41 Å². The number of likely N-dealkylation sites (tertiary alicyclic amines) is 1. The Morgan fingerprint density at radius 1 is 1.38 bits per heavy atom. The first-order valence-electron chi connectivity index (χ1n) is 10.2. The highest BCUT2D eigenvalue weighted by molar-refractivity contribution is 5.78. The van der Waals surface area contributed by atoms with Crippen LogP contribution in [0.25, 0.3) is 22.4 Å². The van der Waals surface area contributed by atoms with E-state index in [1.54, 1.807) is 6.20 Å². The molecule has 4 rings (SSSR count). The Hall–Kier alpha value is -2.57. The standard InChI is InChI=1S/C23H28N4O2/c1-23(2,15-29)10-18-11-24-22-21(18)26-20(12-25-22)17-6-3-5-16(9-17)13-27-8-4-7-19(27)14-28/h3,5-6,9,11-12,15,19,28H,4,7-8,10,13-14H2,1-2H3,(H,24,25)/t19-/m1/s1. The number of aliphatic hydroxyl groups is 1. The van der Waals surface area contributed by atoms with Gasteiger partial charge in [0, 0.05) is 29.8 Å². The minimum Gasteiger partial charge on any atom is -0.395 e. The normalized spacial score (nSPS) is 17.8. The average molecular weight is 393 g/mol. The van der Waals surface area contributed by atoms with Gasteiger partial charge in [-0.2, -0.15) is 0 Å². The van der Waals surface area contributed by atoms with Gasteiger partial charge in [0.2, 0.25) is 0 Å². The van der Waals surface area contributed by atoms with Crippen molar-refractivity contribution in [3.05, 3.63) is 47.8 Å². The van der Waals surface area contributed by atoms with Crippen molar-refractivity contribution in [3.8, 4) is 11.3 Å². The summed E-state index contributed by atoms with van der Waals surface area (Å²) in [6.45, 7) is 5.93. The first-order valence-corrected chi connectivity index (χ1v) is 10.2. The number of H-pyrrole nitrogens is 1. The number of aldehydes is 1. The second-order valence-corrected chi connectivity index (χ2v) is 8.70. The van der Waals surface area contributed by atoms with Crippen LogP contribution in [0.1, 0.15) is 37.8 Å². The molecule has 6 heteroatoms. The number of aromatic amines is 1. The highest BCUT2D eigenvalue weighted by atomic mass is 16.3. The number of hydrogen-bond donors (Lipinski definition) is 2. The quantitative estimate of drug-likeness (QED) is 0.603. The molecule has 6 nitrogen and oxygen atoms in total. The molecule has 0 bridgehead atoms. The molecule has 1 aliphatic heterocycles. The highest BCUT2D eigenvalue weighted by Crippen LogP contribution is 2.27. The molecule has 1 aliphatic rings. The van der Waals surface area contributed by atoms with E-state index in [9.17, 15) is 9.90 Å². The molecule has 3 aromatic rings. The number of fused-ring (bicyclic) bond motifs is 1. The van der Waals surface area contributed by atoms with E-state index in [4.69, 9.17) is 4.98 Å². The number of nitrogens with one attached hydrogen (secondary N) is 1. The van der Waals surface area contributed by atoms with Gasteiger partial charge < -0.3 is 14.9 Å². The number of hydrogen-bond acceptors (Lipinski definition) is 5. The van der Waals surface area contributed by atoms with Crippen LogP contribution in [0.3, 0.4) is 0 Å². The van der Waals surface area contributed by atoms with E-state index in [0.29, 0.717) is 6.42 Å². The second-order valence-electron chi connectivity index (χ2n) is 8.70. The van der Waals surface area contributed by atoms with Crippen molar-refractivity contribution in [1.29, 1.82) is 0 Å². The summed E-state index contributed by atoms with van der Waals surface area (Å²) in [5.41, 5.74) is 5.19. The number of carbonyl (C=O) groups is 1. The van der Waals surface area contributed by atoms with Gasteiger partial charge in [-0.25, -0.2) is 9.97 Å². The predicted octanol–water partition coefficient (Wildman–Crippen LogP) is 3.35. The molecular formula is C23H28N4O2. The molecule has 0 saturated carbocycles. The van der Waals surface area contributed by atoms with Gasteiger partial charge in [0.05, 0.1) is 18.5 Å². The fourth-order valence-corrected chi connectivity index (χ4v) is 4.12. The monoisotopic (exact) mass is 392 g/mol. The topological polar surface area (TPSA) is 82.1 Å². The SMILES string of the molecule is CC(C)(C=O)Cc1c[nH]c2ncc(-c3cccc(CN4CCC[C@@H]4CO)c3)nc12. The number of aliphatic hydroxyl groups excluding tert-OH is 1. The Morgan fingerprint density at radius 2 is 2.24 bits per heavy atom. The number of aromatic nitrogens is 3. The van der Waals surface area contributed by atoms with Crippen LogP contribution in [-0.2, 0) is 17.8 Å². The largest absolute Gasteiger partial charge is 0.395 e. The van der Waals surface area contributed by atoms with Crippen molar-refractivity contribution in [1.82, 2.24) is 19.9 Å². The smallest absolute Gasteiger partial charge is 0.156 e. The highest BCUT2D eigenvalue weighted by Gasteiger charge is 2.24. The third kappa shape index (κ3) is 4.23. The molecule has 0 spiro atoms. The predicted molar refractivity (Wildman–Crippen MR) is 113 cm³/mol. The molecule has 1 aromatic carbocycles. The lowest BCUT2D eigenvalue weighted by atomic mass is 9.88. The Labute approximate surface area is 171 Å². The van der Waals surface area contributed by atoms with Crippen LogP contribution in [-0.4, -0.2) is 50.4 Å². The molecule has 0 aliphatic carbocycles. The fourth-order valence-electron chi connectivity index (χ4n) is 4.12. The van der Waals surface area contributed by atoms with Crippen molar-refractivity contribution >= 4 is 17.5 Å². The van der Waals surface area contributed by atoms with Crippen LogP contribution in [0.5, 0.6) is 0 Å². The lowest BCUT2D eigenvalue weighted by Crippen LogP contribution is -2.31. The van der Waals surface area contributed by atoms with E-state index in [0.717, 1.165) is 60.2 Å². The van der Waals surface area contributed by atoms with Gasteiger partial charge in [0.25, 0.3) is 0 Å². The van der Waals surface area contributed by atoms with Crippen LogP contribution in [0.15, 0.2) is 36.7 Å². The minimum absolute atomic E-state index is 0.217. The van der Waals surface area contributed by atoms with Crippen LogP contribution in [0, 0.1) is 5.41 Å². The van der Waals surface area contributed by atoms with E-state index in [1.807, 2.05) is 26.1 Å². The van der Waals surface area contributed by atoms with E-state index >= 15 is 0 Å². The van der Waals surface area contributed by atoms with Gasteiger partial charge in [-0.3, -0.25) is 4.90 Å². The van der Waals surface area contributed by atoms with Crippen molar-refractivity contribution in [2.75, 3.05) is 13.2 Å². The van der Waals surface area contributed by atoms with E-state index in [-0.39, 0.29) is 12.6 Å². The summed E-state index contributed by atoms with van der Waals surface area (Å²) in [6.07, 6.45) is 7.50. The number of rotatable bonds is 7. The molecular weight excluding hydrogens is 364 g/mol. The van der Waals surface area contributed by atoms with Gasteiger partial charge in [-0.15, -0.1) is 0 Å². The first kappa shape index (κ1) is 19.7. The van der Waals surface area contributed by atoms with Gasteiger partial charge in [0.1, 0.15) is 11.8 Å². The summed E-state index contributed by atoms with van der Waals surface area (Å²) in [7, 11) is 0. The summed E-state index contributed by atoms with van der Waals surface area (Å²) in [4.78, 5) is 26.3. The third-order valence-electron chi connectivity index (χ3n) is 5.74. The maximum atomic E-state index is 11.3. The zero-order valence-electron chi connectivity index (χ0n) is 17.1. The molecule has 0 amide bonds. The molecule has 0 radical (unpaired) electrons. The van der Waals surface area contributed by atoms with Crippen molar-refractivity contribution in [3.63, 3.8) is 0 Å². The number of nitrogens with zero attached hydrogens (tertiary/aromatic N) is 3. The minimum atomic E-state index is -0.439. The Balaban J connectivity index is 1.62. The summed E-state index contributed by atoms with van der Waals surface area (Å²) < 4.78 is 0. The molecule has 2 aromatic heterocycles. The molecule has 0 unspecified atom stereocenters. The molecule has 1 atom stereocenters. The Bertz CT molecular complexity index is 1010. The fraction of sp³-hybridized carbons (Fsp3) is 0.435. The van der Waals surface area contributed by atoms with E-state index in [1.165, 1.54) is 5.56 Å². The number of benzene rings is 1. The lowest BCUT2D eigenvalue weighted by Gasteiger charge is -2.22. The molecule has 3 heterocycles. The number of carbonyl (C=O) groups excluding carboxylic acids is 1. The average Bonchev–Trinajstić information content (AvgIpc) is 3.34. The van der Waals surface area contributed by atoms with Crippen molar-refractivity contribution in [2.45, 2.75) is 45.7 Å². The van der Waals surface area contributed by atoms with Gasteiger partial charge in [0.15, 0.2) is 5.65 Å². The van der Waals surface area contributed by atoms with Crippen molar-refractivity contribution < 1.29 is 9.90 Å². The molecule has 1 fully saturated rings. The molecule has 29 heavy (non-hydrogen) atoms. The van der Waals surface area contributed by atoms with Gasteiger partial charge in [-0.1, -0.05) is 32.0 Å². The summed E-state index contributed by atoms with van der Waals surface area (Å²) >= 11 is 0. The summed E-state index contributed by atoms with van der Waals surface area (Å²) in [5, 5.41) is 9.57. The van der Waals surface area contributed by atoms with Gasteiger partial charge in [-0.05, 0) is 43.0 Å². The molecule has 1 saturated heterocycles. The van der Waals surface area contributed by atoms with Crippen molar-refractivity contribution in [2.24, 2.45) is 5.41 Å². The second kappa shape index (κ2) is 8.05. The molecule has 152 valence electrons. The molecule has 2 N–H and O–H groups in total. The first-order chi connectivity index (χ1) is 14.0. The van der Waals surface area contributed by atoms with Crippen LogP contribution >= 0.6 is 0 Å². The Kier molecular flexibility index (Phi) is 5.48. The summed E-state index contributed by atoms with van der Waals surface area (Å²) in [5.74, 6) is 0. The van der Waals surface area contributed by atoms with E-state index in [2.05, 4.69) is 33.1 Å². The van der Waals surface area contributed by atoms with Crippen LogP contribution in [0.2, 0.25) is 0 Å². The maximum absolute atomic E-state index is 11.3. The Morgan fingerprint density at radius 3 is 3.03 bits per heavy atom. The summed E-state index contributed by atoms with van der Waals surface area (Å²) in [6, 6.07) is 8.64.